The molecule has 0 N–H and O–H groups in total. The van der Waals surface area contributed by atoms with Crippen LogP contribution in [0.4, 0.5) is 34.1 Å². The van der Waals surface area contributed by atoms with Crippen molar-refractivity contribution in [1.82, 2.24) is 0 Å². The molecule has 4 heterocycles. The van der Waals surface area contributed by atoms with Crippen LogP contribution < -0.4 is 9.80 Å². The molecule has 0 bridgehead atoms. The smallest absolute Gasteiger partial charge is 0.143 e. The van der Waals surface area contributed by atoms with Gasteiger partial charge in [0.2, 0.25) is 0 Å². The van der Waals surface area contributed by atoms with Crippen LogP contribution in [0.3, 0.4) is 0 Å². The SMILES string of the molecule is Clc1cccc2c1-c1ccccc1C21c2ccc(N(c3ccccc3)c3cc(-c4ccc5ccccc5c4)c4oc5ccccc5c4c3)cc2Sc2c(N(c3ccccc3)c3cc4oc5ccccc5c4cc3-c3cc4ccccc4s3)cccc21. The largest absolute Gasteiger partial charge is 0.456 e. The Morgan fingerprint density at radius 2 is 1.03 bits per heavy atom. The van der Waals surface area contributed by atoms with Gasteiger partial charge in [-0.2, -0.15) is 0 Å². The third-order valence-electron chi connectivity index (χ3n) is 17.7. The minimum atomic E-state index is -0.768. The summed E-state index contributed by atoms with van der Waals surface area (Å²) in [6, 6.07) is 104. The van der Waals surface area contributed by atoms with Crippen LogP contribution in [0.2, 0.25) is 5.02 Å². The lowest BCUT2D eigenvalue weighted by Crippen LogP contribution is -2.32. The van der Waals surface area contributed by atoms with Crippen molar-refractivity contribution >= 4 is 134 Å². The first-order chi connectivity index (χ1) is 42.5. The summed E-state index contributed by atoms with van der Waals surface area (Å²) < 4.78 is 14.9. The zero-order valence-corrected chi connectivity index (χ0v) is 48.4. The second-order valence-corrected chi connectivity index (χ2v) is 24.9. The molecule has 18 rings (SSSR count). The van der Waals surface area contributed by atoms with Crippen molar-refractivity contribution in [1.29, 1.82) is 0 Å². The van der Waals surface area contributed by atoms with Crippen molar-refractivity contribution in [3.8, 4) is 32.7 Å². The van der Waals surface area contributed by atoms with Crippen LogP contribution in [0.15, 0.2) is 304 Å². The minimum Gasteiger partial charge on any atom is -0.456 e. The number of fused-ring (bicyclic) bond motifs is 17. The van der Waals surface area contributed by atoms with Crippen LogP contribution in [0.5, 0.6) is 0 Å². The molecular weight excluding hydrogens is 1110 g/mol. The van der Waals surface area contributed by atoms with Crippen LogP contribution in [-0.4, -0.2) is 0 Å². The van der Waals surface area contributed by atoms with Gasteiger partial charge < -0.3 is 18.6 Å². The van der Waals surface area contributed by atoms with E-state index < -0.39 is 5.41 Å². The van der Waals surface area contributed by atoms with E-state index in [0.717, 1.165) is 126 Å². The van der Waals surface area contributed by atoms with Gasteiger partial charge in [-0.15, -0.1) is 11.3 Å². The summed E-state index contributed by atoms with van der Waals surface area (Å²) in [4.78, 5) is 8.37. The molecule has 1 aliphatic carbocycles. The highest BCUT2D eigenvalue weighted by molar-refractivity contribution is 7.99. The number of nitrogens with zero attached hydrogens (tertiary/aromatic N) is 2. The van der Waals surface area contributed by atoms with Crippen molar-refractivity contribution in [3.63, 3.8) is 0 Å². The van der Waals surface area contributed by atoms with E-state index in [9.17, 15) is 0 Å². The topological polar surface area (TPSA) is 32.8 Å². The molecule has 0 saturated carbocycles. The summed E-state index contributed by atoms with van der Waals surface area (Å²) in [7, 11) is 0. The fraction of sp³-hybridized carbons (Fsp3) is 0.0127. The molecule has 16 aromatic rings. The Labute approximate surface area is 509 Å². The average Bonchev–Trinajstić information content (AvgIpc) is 1.51. The van der Waals surface area contributed by atoms with Gasteiger partial charge in [-0.3, -0.25) is 0 Å². The molecule has 1 atom stereocenters. The number of anilines is 6. The molecule has 7 heteroatoms. The van der Waals surface area contributed by atoms with Crippen molar-refractivity contribution in [2.75, 3.05) is 9.80 Å². The second-order valence-electron chi connectivity index (χ2n) is 22.4. The molecule has 404 valence electrons. The molecule has 86 heavy (non-hydrogen) atoms. The van der Waals surface area contributed by atoms with Gasteiger partial charge in [-0.1, -0.05) is 205 Å². The Morgan fingerprint density at radius 1 is 0.360 bits per heavy atom. The first kappa shape index (κ1) is 49.4. The van der Waals surface area contributed by atoms with Crippen LogP contribution in [0.1, 0.15) is 22.3 Å². The van der Waals surface area contributed by atoms with E-state index in [1.807, 2.05) is 29.2 Å². The maximum absolute atomic E-state index is 7.50. The molecule has 3 aromatic heterocycles. The molecular formula is C79H47ClN2O2S2. The number of furan rings is 2. The zero-order chi connectivity index (χ0) is 56.6. The lowest BCUT2D eigenvalue weighted by molar-refractivity contribution is 0.669. The number of halogens is 1. The quantitative estimate of drug-likeness (QED) is 0.151. The van der Waals surface area contributed by atoms with Gasteiger partial charge in [0.15, 0.2) is 0 Å². The third-order valence-corrected chi connectivity index (χ3v) is 20.4. The molecule has 1 spiro atoms. The van der Waals surface area contributed by atoms with Crippen LogP contribution in [-0.2, 0) is 5.41 Å². The Balaban J connectivity index is 0.907. The van der Waals surface area contributed by atoms with E-state index in [1.165, 1.54) is 42.4 Å². The maximum atomic E-state index is 7.50. The fourth-order valence-electron chi connectivity index (χ4n) is 14.0. The molecule has 2 aliphatic rings. The van der Waals surface area contributed by atoms with E-state index in [2.05, 4.69) is 289 Å². The standard InChI is InChI=1S/C79H47ClN2O2S2/c80-67-32-17-30-65-76(67)58-28-10-13-29-63(58)79(65)64-40-39-54(81(52-22-3-1-4-23-52)55-43-59(50-38-37-48-19-7-8-20-49(48)41-50)77-61(44-55)57-27-12-15-35-71(57)84-77)45-75(64)86-78-66(79)31-18-33-68(78)82(53-24-5-2-6-25-53)69-47-72-60(56-26-11-14-34-70(56)83-72)46-62(69)74-42-51-21-9-16-36-73(51)85-74/h1-47H. The second kappa shape index (κ2) is 19.2. The zero-order valence-electron chi connectivity index (χ0n) is 46.0. The van der Waals surface area contributed by atoms with Crippen LogP contribution in [0, 0.1) is 0 Å². The van der Waals surface area contributed by atoms with E-state index in [1.54, 1.807) is 0 Å². The fourth-order valence-corrected chi connectivity index (χ4v) is 16.7. The molecule has 4 nitrogen and oxygen atoms in total. The number of para-hydroxylation sites is 4. The maximum Gasteiger partial charge on any atom is 0.143 e. The monoisotopic (exact) mass is 1150 g/mol. The Kier molecular flexibility index (Phi) is 11.0. The summed E-state index contributed by atoms with van der Waals surface area (Å²) in [6.45, 7) is 0. The normalized spacial score (nSPS) is 14.1. The van der Waals surface area contributed by atoms with E-state index in [-0.39, 0.29) is 0 Å². The number of rotatable bonds is 8. The van der Waals surface area contributed by atoms with Gasteiger partial charge >= 0.3 is 0 Å². The van der Waals surface area contributed by atoms with E-state index in [4.69, 9.17) is 20.4 Å². The first-order valence-electron chi connectivity index (χ1n) is 29.0. The summed E-state index contributed by atoms with van der Waals surface area (Å²) in [5, 5.41) is 8.62. The predicted octanol–water partition coefficient (Wildman–Crippen LogP) is 23.6. The predicted molar refractivity (Wildman–Crippen MR) is 361 cm³/mol. The summed E-state index contributed by atoms with van der Waals surface area (Å²) in [6.07, 6.45) is 0. The highest BCUT2D eigenvalue weighted by Crippen LogP contribution is 2.66. The Morgan fingerprint density at radius 3 is 1.86 bits per heavy atom. The molecule has 13 aromatic carbocycles. The van der Waals surface area contributed by atoms with Crippen molar-refractivity contribution in [2.24, 2.45) is 0 Å². The van der Waals surface area contributed by atoms with Crippen molar-refractivity contribution in [3.05, 3.63) is 312 Å². The molecule has 0 amide bonds. The Hall–Kier alpha value is -10.1. The highest BCUT2D eigenvalue weighted by Gasteiger charge is 2.52. The van der Waals surface area contributed by atoms with Gasteiger partial charge in [-0.05, 0) is 147 Å². The summed E-state index contributed by atoms with van der Waals surface area (Å²) in [5.41, 5.74) is 19.0. The lowest BCUT2D eigenvalue weighted by atomic mass is 9.67. The third kappa shape index (κ3) is 7.37. The van der Waals surface area contributed by atoms with E-state index >= 15 is 0 Å². The summed E-state index contributed by atoms with van der Waals surface area (Å²) in [5.74, 6) is 0. The number of hydrogen-bond acceptors (Lipinski definition) is 6. The van der Waals surface area contributed by atoms with Gasteiger partial charge in [0.1, 0.15) is 22.3 Å². The minimum absolute atomic E-state index is 0.735. The molecule has 0 saturated heterocycles. The molecule has 1 unspecified atom stereocenters. The molecule has 1 aliphatic heterocycles. The first-order valence-corrected chi connectivity index (χ1v) is 31.0. The number of thiophene rings is 1. The number of benzene rings is 13. The van der Waals surface area contributed by atoms with Crippen LogP contribution >= 0.6 is 34.7 Å². The van der Waals surface area contributed by atoms with Gasteiger partial charge in [-0.25, -0.2) is 0 Å². The van der Waals surface area contributed by atoms with Crippen molar-refractivity contribution in [2.45, 2.75) is 15.2 Å². The average molecular weight is 1160 g/mol. The van der Waals surface area contributed by atoms with Crippen molar-refractivity contribution < 1.29 is 8.83 Å². The van der Waals surface area contributed by atoms with Gasteiger partial charge in [0.25, 0.3) is 0 Å². The lowest BCUT2D eigenvalue weighted by Gasteiger charge is -2.42. The molecule has 0 fully saturated rings. The Bertz CT molecular complexity index is 5420. The number of hydrogen-bond donors (Lipinski definition) is 0. The van der Waals surface area contributed by atoms with E-state index in [0.29, 0.717) is 0 Å². The van der Waals surface area contributed by atoms with Gasteiger partial charge in [0.05, 0.1) is 16.8 Å². The van der Waals surface area contributed by atoms with Gasteiger partial charge in [0, 0.05) is 91.4 Å². The van der Waals surface area contributed by atoms with Crippen LogP contribution in [0.25, 0.3) is 97.4 Å². The summed E-state index contributed by atoms with van der Waals surface area (Å²) >= 11 is 11.2. The molecule has 0 radical (unpaired) electrons. The highest BCUT2D eigenvalue weighted by atomic mass is 35.5.